The number of hydrogen-bond donors (Lipinski definition) is 2. The number of pyridine rings is 1. The molecule has 2 aromatic heterocycles. The molecule has 0 saturated carbocycles. The van der Waals surface area contributed by atoms with Gasteiger partial charge in [0.1, 0.15) is 4.83 Å². The summed E-state index contributed by atoms with van der Waals surface area (Å²) in [5, 5.41) is 4.49. The van der Waals surface area contributed by atoms with E-state index < -0.39 is 6.03 Å². The monoisotopic (exact) mass is 303 g/mol. The van der Waals surface area contributed by atoms with Gasteiger partial charge in [-0.15, -0.1) is 0 Å². The predicted octanol–water partition coefficient (Wildman–Crippen LogP) is 3.94. The van der Waals surface area contributed by atoms with Crippen molar-refractivity contribution in [3.63, 3.8) is 0 Å². The van der Waals surface area contributed by atoms with Crippen LogP contribution in [0.25, 0.3) is 10.2 Å². The van der Waals surface area contributed by atoms with Gasteiger partial charge in [-0.1, -0.05) is 32.1 Å². The van der Waals surface area contributed by atoms with Gasteiger partial charge in [0, 0.05) is 11.1 Å². The maximum absolute atomic E-state index is 11.0. The van der Waals surface area contributed by atoms with E-state index in [1.807, 2.05) is 6.07 Å². The standard InChI is InChI=1S/C16H21N3OS/c1-16(2,3)11-4-5-12-9(7-11)6-10-8-13(19-15(17)20)21-14(10)18-12/h6,8,11H,4-5,7H2,1-3H3,(H3,17,19,20). The molecular formula is C16H21N3OS. The summed E-state index contributed by atoms with van der Waals surface area (Å²) >= 11 is 1.48. The highest BCUT2D eigenvalue weighted by Gasteiger charge is 2.29. The van der Waals surface area contributed by atoms with E-state index >= 15 is 0 Å². The molecule has 2 aromatic rings. The number of anilines is 1. The number of carbonyl (C=O) groups is 1. The molecule has 1 unspecified atom stereocenters. The summed E-state index contributed by atoms with van der Waals surface area (Å²) in [4.78, 5) is 16.7. The lowest BCUT2D eigenvalue weighted by Gasteiger charge is -2.34. The van der Waals surface area contributed by atoms with Crippen molar-refractivity contribution in [2.45, 2.75) is 40.0 Å². The van der Waals surface area contributed by atoms with E-state index in [0.717, 1.165) is 28.1 Å². The van der Waals surface area contributed by atoms with Crippen LogP contribution < -0.4 is 11.1 Å². The number of nitrogens with zero attached hydrogens (tertiary/aromatic N) is 1. The maximum Gasteiger partial charge on any atom is 0.317 e. The molecule has 2 heterocycles. The number of thiophene rings is 1. The van der Waals surface area contributed by atoms with Crippen LogP contribution in [-0.4, -0.2) is 11.0 Å². The molecule has 1 aliphatic rings. The van der Waals surface area contributed by atoms with Crippen LogP contribution in [0.3, 0.4) is 0 Å². The van der Waals surface area contributed by atoms with E-state index in [4.69, 9.17) is 10.7 Å². The van der Waals surface area contributed by atoms with Crippen LogP contribution in [0.15, 0.2) is 12.1 Å². The second-order valence-electron chi connectivity index (χ2n) is 6.89. The van der Waals surface area contributed by atoms with E-state index in [1.165, 1.54) is 29.0 Å². The molecule has 3 N–H and O–H groups in total. The van der Waals surface area contributed by atoms with Crippen molar-refractivity contribution in [2.24, 2.45) is 17.1 Å². The highest BCUT2D eigenvalue weighted by molar-refractivity contribution is 7.22. The number of nitrogens with one attached hydrogen (secondary N) is 1. The lowest BCUT2D eigenvalue weighted by molar-refractivity contribution is 0.215. The Hall–Kier alpha value is -1.62. The number of carbonyl (C=O) groups excluding carboxylic acids is 1. The topological polar surface area (TPSA) is 68.0 Å². The van der Waals surface area contributed by atoms with E-state index in [9.17, 15) is 4.79 Å². The summed E-state index contributed by atoms with van der Waals surface area (Å²) in [6, 6.07) is 3.66. The van der Waals surface area contributed by atoms with Crippen LogP contribution in [-0.2, 0) is 12.8 Å². The van der Waals surface area contributed by atoms with Crippen molar-refractivity contribution >= 4 is 32.6 Å². The van der Waals surface area contributed by atoms with Crippen LogP contribution in [0.5, 0.6) is 0 Å². The number of hydrogen-bond acceptors (Lipinski definition) is 3. The molecule has 1 atom stereocenters. The summed E-state index contributed by atoms with van der Waals surface area (Å²) in [6.07, 6.45) is 3.34. The van der Waals surface area contributed by atoms with Crippen LogP contribution in [0.1, 0.15) is 38.4 Å². The van der Waals surface area contributed by atoms with E-state index in [0.29, 0.717) is 11.3 Å². The van der Waals surface area contributed by atoms with Gasteiger partial charge in [0.15, 0.2) is 0 Å². The first-order valence-corrected chi connectivity index (χ1v) is 8.13. The lowest BCUT2D eigenvalue weighted by atomic mass is 9.71. The highest BCUT2D eigenvalue weighted by atomic mass is 32.1. The number of nitrogens with two attached hydrogens (primary N) is 1. The Labute approximate surface area is 128 Å². The molecular weight excluding hydrogens is 282 g/mol. The summed E-state index contributed by atoms with van der Waals surface area (Å²) in [5.74, 6) is 0.700. The minimum atomic E-state index is -0.529. The van der Waals surface area contributed by atoms with Crippen LogP contribution in [0.2, 0.25) is 0 Å². The van der Waals surface area contributed by atoms with Crippen molar-refractivity contribution in [3.05, 3.63) is 23.4 Å². The molecule has 5 heteroatoms. The molecule has 0 spiro atoms. The normalized spacial score (nSPS) is 18.5. The van der Waals surface area contributed by atoms with Crippen molar-refractivity contribution in [1.29, 1.82) is 0 Å². The number of aryl methyl sites for hydroxylation is 1. The first-order chi connectivity index (χ1) is 9.83. The zero-order chi connectivity index (χ0) is 15.2. The number of primary amides is 1. The van der Waals surface area contributed by atoms with Gasteiger partial charge in [-0.2, -0.15) is 0 Å². The molecule has 0 saturated heterocycles. The molecule has 4 nitrogen and oxygen atoms in total. The largest absolute Gasteiger partial charge is 0.351 e. The average molecular weight is 303 g/mol. The molecule has 112 valence electrons. The van der Waals surface area contributed by atoms with Gasteiger partial charge >= 0.3 is 6.03 Å². The van der Waals surface area contributed by atoms with Crippen molar-refractivity contribution in [3.8, 4) is 0 Å². The third kappa shape index (κ3) is 2.88. The van der Waals surface area contributed by atoms with Crippen molar-refractivity contribution in [1.82, 2.24) is 4.98 Å². The average Bonchev–Trinajstić information content (AvgIpc) is 2.73. The zero-order valence-electron chi connectivity index (χ0n) is 12.7. The van der Waals surface area contributed by atoms with Gasteiger partial charge in [-0.3, -0.25) is 5.32 Å². The molecule has 1 aliphatic carbocycles. The maximum atomic E-state index is 11.0. The molecule has 0 aliphatic heterocycles. The molecule has 21 heavy (non-hydrogen) atoms. The quantitative estimate of drug-likeness (QED) is 0.838. The molecule has 0 aromatic carbocycles. The summed E-state index contributed by atoms with van der Waals surface area (Å²) in [6.45, 7) is 6.94. The first kappa shape index (κ1) is 14.3. The fourth-order valence-corrected chi connectivity index (χ4v) is 3.98. The molecule has 0 fully saturated rings. The molecule has 0 radical (unpaired) electrons. The minimum Gasteiger partial charge on any atom is -0.351 e. The SMILES string of the molecule is CC(C)(C)C1CCc2nc3sc(NC(N)=O)cc3cc2C1. The molecule has 3 rings (SSSR count). The Morgan fingerprint density at radius 3 is 2.86 bits per heavy atom. The summed E-state index contributed by atoms with van der Waals surface area (Å²) in [7, 11) is 0. The van der Waals surface area contributed by atoms with E-state index in [2.05, 4.69) is 32.2 Å². The number of amides is 2. The second-order valence-corrected chi connectivity index (χ2v) is 7.92. The number of fused-ring (bicyclic) bond motifs is 2. The number of urea groups is 1. The van der Waals surface area contributed by atoms with Gasteiger partial charge < -0.3 is 5.73 Å². The number of aromatic nitrogens is 1. The van der Waals surface area contributed by atoms with Crippen molar-refractivity contribution < 1.29 is 4.79 Å². The van der Waals surface area contributed by atoms with E-state index in [-0.39, 0.29) is 0 Å². The van der Waals surface area contributed by atoms with Gasteiger partial charge in [-0.25, -0.2) is 9.78 Å². The van der Waals surface area contributed by atoms with Gasteiger partial charge in [-0.05, 0) is 48.3 Å². The number of rotatable bonds is 1. The van der Waals surface area contributed by atoms with Crippen LogP contribution in [0, 0.1) is 11.3 Å². The van der Waals surface area contributed by atoms with Gasteiger partial charge in [0.25, 0.3) is 0 Å². The third-order valence-electron chi connectivity index (χ3n) is 4.34. The Bertz CT molecular complexity index is 699. The Morgan fingerprint density at radius 2 is 2.19 bits per heavy atom. The minimum absolute atomic E-state index is 0.333. The van der Waals surface area contributed by atoms with Crippen LogP contribution in [0.4, 0.5) is 9.80 Å². The Kier molecular flexibility index (Phi) is 3.40. The highest BCUT2D eigenvalue weighted by Crippen LogP contribution is 2.39. The smallest absolute Gasteiger partial charge is 0.317 e. The predicted molar refractivity (Wildman–Crippen MR) is 87.8 cm³/mol. The Balaban J connectivity index is 1.95. The summed E-state index contributed by atoms with van der Waals surface area (Å²) < 4.78 is 0. The van der Waals surface area contributed by atoms with Crippen molar-refractivity contribution in [2.75, 3.05) is 5.32 Å². The van der Waals surface area contributed by atoms with E-state index in [1.54, 1.807) is 0 Å². The Morgan fingerprint density at radius 1 is 1.43 bits per heavy atom. The first-order valence-electron chi connectivity index (χ1n) is 7.32. The fourth-order valence-electron chi connectivity index (χ4n) is 3.05. The lowest BCUT2D eigenvalue weighted by Crippen LogP contribution is -2.27. The van der Waals surface area contributed by atoms with Gasteiger partial charge in [0.05, 0.1) is 5.00 Å². The van der Waals surface area contributed by atoms with Gasteiger partial charge in [0.2, 0.25) is 0 Å². The van der Waals surface area contributed by atoms with Crippen LogP contribution >= 0.6 is 11.3 Å². The fraction of sp³-hybridized carbons (Fsp3) is 0.500. The molecule has 0 bridgehead atoms. The second kappa shape index (κ2) is 4.98. The third-order valence-corrected chi connectivity index (χ3v) is 5.30. The zero-order valence-corrected chi connectivity index (χ0v) is 13.5. The molecule has 2 amide bonds. The summed E-state index contributed by atoms with van der Waals surface area (Å²) in [5.41, 5.74) is 8.08.